The molecule has 0 aromatic heterocycles. The van der Waals surface area contributed by atoms with Crippen LogP contribution in [0.25, 0.3) is 0 Å². The summed E-state index contributed by atoms with van der Waals surface area (Å²) in [7, 11) is -7.27. The van der Waals surface area contributed by atoms with Crippen molar-refractivity contribution in [3.63, 3.8) is 0 Å². The van der Waals surface area contributed by atoms with Crippen molar-refractivity contribution in [2.45, 2.75) is 51.3 Å². The molecule has 0 saturated heterocycles. The number of fused-ring (bicyclic) bond motifs is 1. The standard InChI is InChI=1S/C22H30N2O5S2/c1-4-13-29-22-11-10-20(15-17(22)3)31(27,28)23-19-9-8-18-7-6-12-24(21(18)16-19)30(25,26)14-5-2/h8-11,15-16,23H,4-7,12-14H2,1-3H3. The molecule has 1 heterocycles. The molecule has 0 unspecified atom stereocenters. The van der Waals surface area contributed by atoms with E-state index in [9.17, 15) is 16.8 Å². The van der Waals surface area contributed by atoms with Gasteiger partial charge < -0.3 is 4.74 Å². The van der Waals surface area contributed by atoms with Gasteiger partial charge in [0.15, 0.2) is 0 Å². The first-order valence-electron chi connectivity index (χ1n) is 10.6. The Labute approximate surface area is 185 Å². The van der Waals surface area contributed by atoms with Gasteiger partial charge in [0.1, 0.15) is 5.75 Å². The van der Waals surface area contributed by atoms with Crippen LogP contribution >= 0.6 is 0 Å². The number of benzene rings is 2. The lowest BCUT2D eigenvalue weighted by Gasteiger charge is -2.31. The Balaban J connectivity index is 1.88. The fourth-order valence-electron chi connectivity index (χ4n) is 3.64. The number of aryl methyl sites for hydroxylation is 2. The Hall–Kier alpha value is -2.26. The van der Waals surface area contributed by atoms with Crippen LogP contribution in [0.1, 0.15) is 44.2 Å². The molecule has 0 amide bonds. The van der Waals surface area contributed by atoms with Crippen LogP contribution in [0.15, 0.2) is 41.3 Å². The zero-order valence-corrected chi connectivity index (χ0v) is 19.9. The molecular weight excluding hydrogens is 436 g/mol. The summed E-state index contributed by atoms with van der Waals surface area (Å²) in [5, 5.41) is 0. The van der Waals surface area contributed by atoms with Crippen LogP contribution in [0.3, 0.4) is 0 Å². The van der Waals surface area contributed by atoms with Gasteiger partial charge in [0.05, 0.1) is 28.6 Å². The number of nitrogens with zero attached hydrogens (tertiary/aromatic N) is 1. The van der Waals surface area contributed by atoms with Crippen LogP contribution in [0, 0.1) is 6.92 Å². The molecule has 2 aromatic rings. The van der Waals surface area contributed by atoms with Crippen LogP contribution in [-0.4, -0.2) is 35.7 Å². The van der Waals surface area contributed by atoms with E-state index in [1.807, 2.05) is 13.8 Å². The number of sulfonamides is 2. The highest BCUT2D eigenvalue weighted by Gasteiger charge is 2.27. The van der Waals surface area contributed by atoms with Crippen molar-refractivity contribution in [2.24, 2.45) is 0 Å². The molecule has 1 aliphatic rings. The van der Waals surface area contributed by atoms with Gasteiger partial charge in [-0.3, -0.25) is 9.03 Å². The van der Waals surface area contributed by atoms with E-state index in [1.165, 1.54) is 10.4 Å². The second kappa shape index (κ2) is 9.48. The third kappa shape index (κ3) is 5.33. The molecule has 0 fully saturated rings. The lowest BCUT2D eigenvalue weighted by Crippen LogP contribution is -2.37. The minimum Gasteiger partial charge on any atom is -0.493 e. The zero-order chi connectivity index (χ0) is 22.6. The molecule has 170 valence electrons. The first-order valence-corrected chi connectivity index (χ1v) is 13.7. The van der Waals surface area contributed by atoms with Gasteiger partial charge in [-0.15, -0.1) is 0 Å². The number of hydrogen-bond acceptors (Lipinski definition) is 5. The Morgan fingerprint density at radius 2 is 1.81 bits per heavy atom. The molecule has 0 aliphatic carbocycles. The van der Waals surface area contributed by atoms with Gasteiger partial charge in [-0.05, 0) is 74.1 Å². The quantitative estimate of drug-likeness (QED) is 0.601. The highest BCUT2D eigenvalue weighted by molar-refractivity contribution is 7.93. The van der Waals surface area contributed by atoms with Crippen LogP contribution in [0.2, 0.25) is 0 Å². The van der Waals surface area contributed by atoms with Crippen molar-refractivity contribution >= 4 is 31.4 Å². The van der Waals surface area contributed by atoms with Crippen molar-refractivity contribution < 1.29 is 21.6 Å². The number of hydrogen-bond donors (Lipinski definition) is 1. The Morgan fingerprint density at radius 3 is 2.48 bits per heavy atom. The molecule has 0 bridgehead atoms. The average Bonchev–Trinajstić information content (AvgIpc) is 2.72. The van der Waals surface area contributed by atoms with E-state index in [2.05, 4.69) is 4.72 Å². The number of rotatable bonds is 9. The molecule has 7 nitrogen and oxygen atoms in total. The Kier molecular flexibility index (Phi) is 7.16. The number of ether oxygens (including phenoxy) is 1. The predicted molar refractivity (Wildman–Crippen MR) is 124 cm³/mol. The Morgan fingerprint density at radius 1 is 1.03 bits per heavy atom. The van der Waals surface area contributed by atoms with E-state index in [0.29, 0.717) is 36.7 Å². The fourth-order valence-corrected chi connectivity index (χ4v) is 6.39. The molecule has 1 aliphatic heterocycles. The van der Waals surface area contributed by atoms with E-state index in [1.54, 1.807) is 37.3 Å². The highest BCUT2D eigenvalue weighted by Crippen LogP contribution is 2.33. The summed E-state index contributed by atoms with van der Waals surface area (Å²) >= 11 is 0. The van der Waals surface area contributed by atoms with E-state index < -0.39 is 20.0 Å². The average molecular weight is 467 g/mol. The zero-order valence-electron chi connectivity index (χ0n) is 18.2. The molecular formula is C22H30N2O5S2. The first-order chi connectivity index (χ1) is 14.7. The molecule has 2 aromatic carbocycles. The summed E-state index contributed by atoms with van der Waals surface area (Å²) in [6.07, 6.45) is 2.90. The first kappa shape index (κ1) is 23.4. The monoisotopic (exact) mass is 466 g/mol. The van der Waals surface area contributed by atoms with E-state index in [0.717, 1.165) is 30.4 Å². The van der Waals surface area contributed by atoms with E-state index >= 15 is 0 Å². The lowest BCUT2D eigenvalue weighted by molar-refractivity contribution is 0.315. The molecule has 0 spiro atoms. The highest BCUT2D eigenvalue weighted by atomic mass is 32.2. The van der Waals surface area contributed by atoms with Crippen molar-refractivity contribution in [3.05, 3.63) is 47.5 Å². The fraction of sp³-hybridized carbons (Fsp3) is 0.455. The molecule has 9 heteroatoms. The minimum atomic E-state index is -3.84. The molecule has 31 heavy (non-hydrogen) atoms. The second-order valence-corrected chi connectivity index (χ2v) is 11.4. The van der Waals surface area contributed by atoms with Crippen molar-refractivity contribution in [1.29, 1.82) is 0 Å². The van der Waals surface area contributed by atoms with Crippen LogP contribution in [-0.2, 0) is 26.5 Å². The maximum absolute atomic E-state index is 12.9. The van der Waals surface area contributed by atoms with Gasteiger partial charge in [0, 0.05) is 6.54 Å². The van der Waals surface area contributed by atoms with Gasteiger partial charge in [0.2, 0.25) is 10.0 Å². The summed E-state index contributed by atoms with van der Waals surface area (Å²) in [6, 6.07) is 9.84. The molecule has 0 saturated carbocycles. The summed E-state index contributed by atoms with van der Waals surface area (Å²) in [4.78, 5) is 0.127. The lowest BCUT2D eigenvalue weighted by atomic mass is 10.0. The maximum Gasteiger partial charge on any atom is 0.261 e. The minimum absolute atomic E-state index is 0.0636. The third-order valence-electron chi connectivity index (χ3n) is 5.13. The number of nitrogens with one attached hydrogen (secondary N) is 1. The van der Waals surface area contributed by atoms with Crippen LogP contribution < -0.4 is 13.8 Å². The summed E-state index contributed by atoms with van der Waals surface area (Å²) < 4.78 is 60.9. The summed E-state index contributed by atoms with van der Waals surface area (Å²) in [5.74, 6) is 0.722. The SMILES string of the molecule is CCCOc1ccc(S(=O)(=O)Nc2ccc3c(c2)N(S(=O)(=O)CCC)CCC3)cc1C. The van der Waals surface area contributed by atoms with Crippen LogP contribution in [0.4, 0.5) is 11.4 Å². The smallest absolute Gasteiger partial charge is 0.261 e. The third-order valence-corrected chi connectivity index (χ3v) is 8.48. The van der Waals surface area contributed by atoms with Gasteiger partial charge in [0.25, 0.3) is 10.0 Å². The molecule has 1 N–H and O–H groups in total. The van der Waals surface area contributed by atoms with Gasteiger partial charge in [-0.25, -0.2) is 16.8 Å². The molecule has 3 rings (SSSR count). The topological polar surface area (TPSA) is 92.8 Å². The van der Waals surface area contributed by atoms with Crippen molar-refractivity contribution in [3.8, 4) is 5.75 Å². The summed E-state index contributed by atoms with van der Waals surface area (Å²) in [6.45, 7) is 6.61. The maximum atomic E-state index is 12.9. The van der Waals surface area contributed by atoms with Crippen molar-refractivity contribution in [1.82, 2.24) is 0 Å². The molecule has 0 atom stereocenters. The summed E-state index contributed by atoms with van der Waals surface area (Å²) in [5.41, 5.74) is 2.53. The normalized spacial score (nSPS) is 14.2. The second-order valence-electron chi connectivity index (χ2n) is 7.72. The van der Waals surface area contributed by atoms with E-state index in [-0.39, 0.29) is 10.6 Å². The molecule has 0 radical (unpaired) electrons. The largest absolute Gasteiger partial charge is 0.493 e. The Bertz CT molecular complexity index is 1140. The van der Waals surface area contributed by atoms with Crippen LogP contribution in [0.5, 0.6) is 5.75 Å². The number of anilines is 2. The predicted octanol–water partition coefficient (Wildman–Crippen LogP) is 4.08. The van der Waals surface area contributed by atoms with Gasteiger partial charge in [-0.2, -0.15) is 0 Å². The van der Waals surface area contributed by atoms with E-state index in [4.69, 9.17) is 4.74 Å². The van der Waals surface area contributed by atoms with Gasteiger partial charge in [-0.1, -0.05) is 19.9 Å². The van der Waals surface area contributed by atoms with Crippen molar-refractivity contribution in [2.75, 3.05) is 27.9 Å². The van der Waals surface area contributed by atoms with Gasteiger partial charge >= 0.3 is 0 Å².